The molecule has 0 saturated carbocycles. The topological polar surface area (TPSA) is 74.6 Å². The van der Waals surface area contributed by atoms with Gasteiger partial charge in [-0.3, -0.25) is 14.7 Å². The summed E-state index contributed by atoms with van der Waals surface area (Å²) in [5.41, 5.74) is 2.22. The number of rotatable bonds is 9. The number of aromatic hydroxyl groups is 1. The highest BCUT2D eigenvalue weighted by molar-refractivity contribution is 7.18. The zero-order valence-electron chi connectivity index (χ0n) is 19.3. The molecule has 178 valence electrons. The lowest BCUT2D eigenvalue weighted by Crippen LogP contribution is -2.37. The molecule has 34 heavy (non-hydrogen) atoms. The summed E-state index contributed by atoms with van der Waals surface area (Å²) in [6.45, 7) is 8.86. The van der Waals surface area contributed by atoms with Crippen LogP contribution in [0, 0.1) is 0 Å². The lowest BCUT2D eigenvalue weighted by atomic mass is 10.2. The summed E-state index contributed by atoms with van der Waals surface area (Å²) < 4.78 is 11.2. The van der Waals surface area contributed by atoms with Gasteiger partial charge in [-0.2, -0.15) is 0 Å². The van der Waals surface area contributed by atoms with Crippen molar-refractivity contribution in [1.29, 1.82) is 0 Å². The summed E-state index contributed by atoms with van der Waals surface area (Å²) in [6, 6.07) is 16.2. The summed E-state index contributed by atoms with van der Waals surface area (Å²) in [4.78, 5) is 22.7. The zero-order valence-corrected chi connectivity index (χ0v) is 20.1. The number of ether oxygens (including phenoxy) is 2. The van der Waals surface area contributed by atoms with Crippen molar-refractivity contribution in [3.63, 3.8) is 0 Å². The second kappa shape index (κ2) is 11.3. The Morgan fingerprint density at radius 3 is 2.56 bits per heavy atom. The van der Waals surface area contributed by atoms with Gasteiger partial charge in [0.1, 0.15) is 16.4 Å². The van der Waals surface area contributed by atoms with Gasteiger partial charge in [-0.15, -0.1) is 11.3 Å². The third-order valence-corrected chi connectivity index (χ3v) is 6.91. The molecule has 8 heteroatoms. The number of anilines is 1. The Balaban J connectivity index is 1.36. The van der Waals surface area contributed by atoms with E-state index in [-0.39, 0.29) is 11.7 Å². The van der Waals surface area contributed by atoms with E-state index in [9.17, 15) is 9.90 Å². The SMILES string of the molecule is C=Nc1cc(-c2ccc(O)cc2)sc1C(=O)N(C)c1ccc(OCCCN2CCOCC2)cc1. The largest absolute Gasteiger partial charge is 0.508 e. The fraction of sp³-hybridized carbons (Fsp3) is 0.308. The molecule has 1 saturated heterocycles. The highest BCUT2D eigenvalue weighted by Crippen LogP contribution is 2.38. The number of phenolic OH excluding ortho intramolecular Hbond substituents is 1. The molecule has 1 aromatic heterocycles. The molecule has 0 spiro atoms. The molecule has 3 aromatic rings. The third-order valence-electron chi connectivity index (χ3n) is 5.75. The Morgan fingerprint density at radius 1 is 1.18 bits per heavy atom. The number of hydrogen-bond acceptors (Lipinski definition) is 7. The van der Waals surface area contributed by atoms with Crippen LogP contribution in [0.5, 0.6) is 11.5 Å². The molecule has 0 aliphatic carbocycles. The van der Waals surface area contributed by atoms with Gasteiger partial charge in [0, 0.05) is 37.2 Å². The Hall–Kier alpha value is -3.20. The van der Waals surface area contributed by atoms with Gasteiger partial charge in [-0.25, -0.2) is 0 Å². The van der Waals surface area contributed by atoms with Crippen LogP contribution in [0.25, 0.3) is 10.4 Å². The molecule has 0 unspecified atom stereocenters. The number of hydrogen-bond donors (Lipinski definition) is 1. The number of amides is 1. The van der Waals surface area contributed by atoms with E-state index in [0.29, 0.717) is 17.2 Å². The number of thiophene rings is 1. The smallest absolute Gasteiger partial charge is 0.270 e. The standard InChI is InChI=1S/C26H29N3O4S/c1-27-23-18-24(19-4-8-21(30)9-5-19)34-25(23)26(31)28(2)20-6-10-22(11-7-20)33-15-3-12-29-13-16-32-17-14-29/h4-11,18,30H,1,3,12-17H2,2H3. The van der Waals surface area contributed by atoms with E-state index in [4.69, 9.17) is 9.47 Å². The van der Waals surface area contributed by atoms with Crippen molar-refractivity contribution in [2.24, 2.45) is 4.99 Å². The molecule has 1 amide bonds. The third kappa shape index (κ3) is 5.83. The predicted molar refractivity (Wildman–Crippen MR) is 137 cm³/mol. The molecule has 0 bridgehead atoms. The van der Waals surface area contributed by atoms with Crippen LogP contribution >= 0.6 is 11.3 Å². The Bertz CT molecular complexity index is 1110. The van der Waals surface area contributed by atoms with Crippen molar-refractivity contribution >= 4 is 35.3 Å². The van der Waals surface area contributed by atoms with Gasteiger partial charge in [0.15, 0.2) is 0 Å². The van der Waals surface area contributed by atoms with E-state index in [1.54, 1.807) is 24.1 Å². The normalized spacial score (nSPS) is 14.0. The monoisotopic (exact) mass is 479 g/mol. The molecule has 1 fully saturated rings. The van der Waals surface area contributed by atoms with Gasteiger partial charge >= 0.3 is 0 Å². The second-order valence-corrected chi connectivity index (χ2v) is 9.10. The minimum atomic E-state index is -0.156. The van der Waals surface area contributed by atoms with Gasteiger partial charge in [-0.1, -0.05) is 0 Å². The minimum absolute atomic E-state index is 0.156. The molecular formula is C26H29N3O4S. The van der Waals surface area contributed by atoms with Crippen LogP contribution < -0.4 is 9.64 Å². The maximum absolute atomic E-state index is 13.2. The Kier molecular flexibility index (Phi) is 7.95. The van der Waals surface area contributed by atoms with Gasteiger partial charge < -0.3 is 19.5 Å². The quantitative estimate of drug-likeness (QED) is 0.351. The van der Waals surface area contributed by atoms with Crippen molar-refractivity contribution in [2.45, 2.75) is 6.42 Å². The maximum Gasteiger partial charge on any atom is 0.270 e. The zero-order chi connectivity index (χ0) is 23.9. The van der Waals surface area contributed by atoms with Crippen LogP contribution in [0.4, 0.5) is 11.4 Å². The fourth-order valence-corrected chi connectivity index (χ4v) is 4.86. The molecule has 4 rings (SSSR count). The van der Waals surface area contributed by atoms with Crippen molar-refractivity contribution in [2.75, 3.05) is 51.4 Å². The Labute approximate surface area is 203 Å². The number of aliphatic imine (C=N–C) groups is 1. The van der Waals surface area contributed by atoms with Gasteiger partial charge in [0.2, 0.25) is 0 Å². The number of nitrogens with zero attached hydrogens (tertiary/aromatic N) is 3. The predicted octanol–water partition coefficient (Wildman–Crippen LogP) is 4.83. The van der Waals surface area contributed by atoms with Crippen LogP contribution in [-0.4, -0.2) is 69.1 Å². The van der Waals surface area contributed by atoms with Crippen molar-refractivity contribution < 1.29 is 19.4 Å². The number of carbonyl (C=O) groups is 1. The number of phenols is 1. The summed E-state index contributed by atoms with van der Waals surface area (Å²) >= 11 is 1.36. The molecule has 1 N–H and O–H groups in total. The van der Waals surface area contributed by atoms with Crippen molar-refractivity contribution in [3.05, 3.63) is 59.5 Å². The first-order chi connectivity index (χ1) is 16.5. The lowest BCUT2D eigenvalue weighted by molar-refractivity contribution is 0.0358. The van der Waals surface area contributed by atoms with Crippen LogP contribution in [-0.2, 0) is 4.74 Å². The number of carbonyl (C=O) groups excluding carboxylic acids is 1. The van der Waals surface area contributed by atoms with Gasteiger partial charge in [0.25, 0.3) is 5.91 Å². The summed E-state index contributed by atoms with van der Waals surface area (Å²) in [6.07, 6.45) is 0.958. The first-order valence-electron chi connectivity index (χ1n) is 11.3. The number of morpholine rings is 1. The molecule has 1 aliphatic heterocycles. The molecule has 2 heterocycles. The number of benzene rings is 2. The highest BCUT2D eigenvalue weighted by atomic mass is 32.1. The molecule has 1 aliphatic rings. The van der Waals surface area contributed by atoms with Crippen LogP contribution in [0.1, 0.15) is 16.1 Å². The van der Waals surface area contributed by atoms with Crippen molar-refractivity contribution in [3.8, 4) is 21.9 Å². The van der Waals surface area contributed by atoms with Gasteiger partial charge in [-0.05, 0) is 73.3 Å². The second-order valence-electron chi connectivity index (χ2n) is 8.04. The van der Waals surface area contributed by atoms with Gasteiger partial charge in [0.05, 0.1) is 25.5 Å². The highest BCUT2D eigenvalue weighted by Gasteiger charge is 2.21. The average molecular weight is 480 g/mol. The van der Waals surface area contributed by atoms with E-state index >= 15 is 0 Å². The molecule has 0 radical (unpaired) electrons. The first kappa shape index (κ1) is 23.9. The van der Waals surface area contributed by atoms with Crippen LogP contribution in [0.2, 0.25) is 0 Å². The van der Waals surface area contributed by atoms with Crippen LogP contribution in [0.15, 0.2) is 59.6 Å². The van der Waals surface area contributed by atoms with E-state index < -0.39 is 0 Å². The average Bonchev–Trinajstić information content (AvgIpc) is 3.32. The minimum Gasteiger partial charge on any atom is -0.508 e. The molecule has 2 aromatic carbocycles. The van der Waals surface area contributed by atoms with Crippen LogP contribution in [0.3, 0.4) is 0 Å². The Morgan fingerprint density at radius 2 is 1.88 bits per heavy atom. The van der Waals surface area contributed by atoms with E-state index in [2.05, 4.69) is 16.6 Å². The van der Waals surface area contributed by atoms with E-state index in [1.807, 2.05) is 42.5 Å². The fourth-order valence-electron chi connectivity index (χ4n) is 3.76. The molecule has 7 nitrogen and oxygen atoms in total. The molecule has 0 atom stereocenters. The van der Waals surface area contributed by atoms with E-state index in [0.717, 1.165) is 61.1 Å². The maximum atomic E-state index is 13.2. The summed E-state index contributed by atoms with van der Waals surface area (Å²) in [7, 11) is 1.74. The van der Waals surface area contributed by atoms with Crippen molar-refractivity contribution in [1.82, 2.24) is 4.90 Å². The lowest BCUT2D eigenvalue weighted by Gasteiger charge is -2.26. The first-order valence-corrected chi connectivity index (χ1v) is 12.1. The summed E-state index contributed by atoms with van der Waals surface area (Å²) in [5.74, 6) is 0.824. The summed E-state index contributed by atoms with van der Waals surface area (Å²) in [5, 5.41) is 9.53. The molecular weight excluding hydrogens is 450 g/mol. The van der Waals surface area contributed by atoms with E-state index in [1.165, 1.54) is 11.3 Å².